The second-order valence-corrected chi connectivity index (χ2v) is 5.18. The molecule has 0 fully saturated rings. The third-order valence-electron chi connectivity index (χ3n) is 3.73. The van der Waals surface area contributed by atoms with Crippen LogP contribution in [0.5, 0.6) is 5.75 Å². The Balaban J connectivity index is 2.03. The van der Waals surface area contributed by atoms with Gasteiger partial charge in [0, 0.05) is 18.2 Å². The molecule has 0 aromatic heterocycles. The number of hydrogen-bond acceptors (Lipinski definition) is 3. The van der Waals surface area contributed by atoms with Gasteiger partial charge in [-0.1, -0.05) is 37.3 Å². The molecule has 2 rings (SSSR count). The quantitative estimate of drug-likeness (QED) is 0.821. The first kappa shape index (κ1) is 16.5. The fraction of sp³-hybridized carbons (Fsp3) is 0.333. The lowest BCUT2D eigenvalue weighted by molar-refractivity contribution is 0.169. The van der Waals surface area contributed by atoms with Crippen LogP contribution in [-0.4, -0.2) is 18.8 Å². The standard InChI is InChI=1S/C18H22FNO2/c1-3-16(15-6-4-5-7-18(15)22-2)20-12-17(21)13-8-10-14(19)11-9-13/h4-11,16-17,20-21H,3,12H2,1-2H3. The van der Waals surface area contributed by atoms with Gasteiger partial charge in [-0.15, -0.1) is 0 Å². The summed E-state index contributed by atoms with van der Waals surface area (Å²) < 4.78 is 18.3. The maximum Gasteiger partial charge on any atom is 0.123 e. The Bertz CT molecular complexity index is 586. The van der Waals surface area contributed by atoms with Gasteiger partial charge in [0.2, 0.25) is 0 Å². The minimum atomic E-state index is -0.677. The zero-order chi connectivity index (χ0) is 15.9. The van der Waals surface area contributed by atoms with Crippen molar-refractivity contribution in [1.29, 1.82) is 0 Å². The van der Waals surface area contributed by atoms with Gasteiger partial charge in [0.15, 0.2) is 0 Å². The Morgan fingerprint density at radius 2 is 1.82 bits per heavy atom. The molecule has 2 unspecified atom stereocenters. The summed E-state index contributed by atoms with van der Waals surface area (Å²) in [6.45, 7) is 2.47. The van der Waals surface area contributed by atoms with Crippen LogP contribution < -0.4 is 10.1 Å². The second kappa shape index (κ2) is 7.92. The van der Waals surface area contributed by atoms with Gasteiger partial charge in [0.1, 0.15) is 11.6 Å². The lowest BCUT2D eigenvalue weighted by atomic mass is 10.0. The number of ether oxygens (including phenoxy) is 1. The second-order valence-electron chi connectivity index (χ2n) is 5.18. The Hall–Kier alpha value is -1.91. The molecular weight excluding hydrogens is 281 g/mol. The molecule has 0 bridgehead atoms. The molecule has 0 saturated heterocycles. The number of hydrogen-bond donors (Lipinski definition) is 2. The zero-order valence-electron chi connectivity index (χ0n) is 12.9. The fourth-order valence-electron chi connectivity index (χ4n) is 2.49. The third kappa shape index (κ3) is 4.06. The molecule has 118 valence electrons. The van der Waals surface area contributed by atoms with Crippen LogP contribution in [0, 0.1) is 5.82 Å². The lowest BCUT2D eigenvalue weighted by Gasteiger charge is -2.22. The summed E-state index contributed by atoms with van der Waals surface area (Å²) >= 11 is 0. The van der Waals surface area contributed by atoms with Gasteiger partial charge in [0.05, 0.1) is 13.2 Å². The van der Waals surface area contributed by atoms with Crippen LogP contribution in [0.15, 0.2) is 48.5 Å². The summed E-state index contributed by atoms with van der Waals surface area (Å²) in [5, 5.41) is 13.6. The number of methoxy groups -OCH3 is 1. The Labute approximate surface area is 130 Å². The number of aliphatic hydroxyl groups is 1. The minimum absolute atomic E-state index is 0.0891. The van der Waals surface area contributed by atoms with Crippen molar-refractivity contribution in [2.75, 3.05) is 13.7 Å². The molecule has 2 N–H and O–H groups in total. The molecule has 0 saturated carbocycles. The molecule has 2 aromatic carbocycles. The fourth-order valence-corrected chi connectivity index (χ4v) is 2.49. The smallest absolute Gasteiger partial charge is 0.123 e. The number of benzene rings is 2. The van der Waals surface area contributed by atoms with E-state index in [9.17, 15) is 9.50 Å². The van der Waals surface area contributed by atoms with E-state index < -0.39 is 6.10 Å². The van der Waals surface area contributed by atoms with Crippen molar-refractivity contribution in [2.45, 2.75) is 25.5 Å². The van der Waals surface area contributed by atoms with E-state index in [-0.39, 0.29) is 11.9 Å². The molecule has 0 aliphatic carbocycles. The molecule has 0 radical (unpaired) electrons. The van der Waals surface area contributed by atoms with Crippen molar-refractivity contribution in [3.05, 3.63) is 65.5 Å². The number of para-hydroxylation sites is 1. The van der Waals surface area contributed by atoms with Crippen LogP contribution >= 0.6 is 0 Å². The molecule has 22 heavy (non-hydrogen) atoms. The Morgan fingerprint density at radius 1 is 1.14 bits per heavy atom. The van der Waals surface area contributed by atoms with E-state index in [1.54, 1.807) is 19.2 Å². The maximum absolute atomic E-state index is 12.9. The van der Waals surface area contributed by atoms with Gasteiger partial charge in [0.25, 0.3) is 0 Å². The predicted molar refractivity (Wildman–Crippen MR) is 85.4 cm³/mol. The Kier molecular flexibility index (Phi) is 5.92. The van der Waals surface area contributed by atoms with Crippen LogP contribution in [-0.2, 0) is 0 Å². The largest absolute Gasteiger partial charge is 0.496 e. The van der Waals surface area contributed by atoms with Crippen molar-refractivity contribution in [3.8, 4) is 5.75 Å². The number of aliphatic hydroxyl groups excluding tert-OH is 1. The lowest BCUT2D eigenvalue weighted by Crippen LogP contribution is -2.26. The van der Waals surface area contributed by atoms with Crippen molar-refractivity contribution in [3.63, 3.8) is 0 Å². The number of nitrogens with one attached hydrogen (secondary N) is 1. The van der Waals surface area contributed by atoms with Gasteiger partial charge in [-0.3, -0.25) is 0 Å². The van der Waals surface area contributed by atoms with E-state index in [4.69, 9.17) is 4.74 Å². The van der Waals surface area contributed by atoms with E-state index in [0.717, 1.165) is 17.7 Å². The van der Waals surface area contributed by atoms with E-state index >= 15 is 0 Å². The van der Waals surface area contributed by atoms with Crippen molar-refractivity contribution in [2.24, 2.45) is 0 Å². The van der Waals surface area contributed by atoms with Crippen LogP contribution in [0.25, 0.3) is 0 Å². The average Bonchev–Trinajstić information content (AvgIpc) is 2.56. The molecule has 0 heterocycles. The van der Waals surface area contributed by atoms with Crippen molar-refractivity contribution in [1.82, 2.24) is 5.32 Å². The zero-order valence-corrected chi connectivity index (χ0v) is 12.9. The number of halogens is 1. The highest BCUT2D eigenvalue weighted by atomic mass is 19.1. The summed E-state index contributed by atoms with van der Waals surface area (Å²) in [6, 6.07) is 13.9. The summed E-state index contributed by atoms with van der Waals surface area (Å²) in [7, 11) is 1.65. The summed E-state index contributed by atoms with van der Waals surface area (Å²) in [4.78, 5) is 0. The normalized spacial score (nSPS) is 13.6. The first-order valence-corrected chi connectivity index (χ1v) is 7.45. The van der Waals surface area contributed by atoms with Gasteiger partial charge in [-0.05, 0) is 30.2 Å². The van der Waals surface area contributed by atoms with E-state index in [0.29, 0.717) is 12.1 Å². The molecule has 0 aliphatic rings. The van der Waals surface area contributed by atoms with Crippen molar-refractivity contribution < 1.29 is 14.2 Å². The van der Waals surface area contributed by atoms with Crippen molar-refractivity contribution >= 4 is 0 Å². The van der Waals surface area contributed by atoms with Crippen LogP contribution in [0.3, 0.4) is 0 Å². The number of rotatable bonds is 7. The predicted octanol–water partition coefficient (Wildman–Crippen LogP) is 3.61. The van der Waals surface area contributed by atoms with E-state index in [1.165, 1.54) is 12.1 Å². The first-order chi connectivity index (χ1) is 10.7. The summed E-state index contributed by atoms with van der Waals surface area (Å²) in [5.74, 6) is 0.530. The molecule has 0 spiro atoms. The molecule has 0 aliphatic heterocycles. The van der Waals surface area contributed by atoms with Gasteiger partial charge in [-0.2, -0.15) is 0 Å². The van der Waals surface area contributed by atoms with Crippen LogP contribution in [0.2, 0.25) is 0 Å². The molecule has 3 nitrogen and oxygen atoms in total. The Morgan fingerprint density at radius 3 is 2.45 bits per heavy atom. The topological polar surface area (TPSA) is 41.5 Å². The molecule has 4 heteroatoms. The molecular formula is C18H22FNO2. The highest BCUT2D eigenvalue weighted by Crippen LogP contribution is 2.27. The summed E-state index contributed by atoms with van der Waals surface area (Å²) in [5.41, 5.74) is 1.77. The molecule has 2 atom stereocenters. The summed E-state index contributed by atoms with van der Waals surface area (Å²) in [6.07, 6.45) is 0.195. The average molecular weight is 303 g/mol. The molecule has 0 amide bonds. The van der Waals surface area contributed by atoms with Crippen LogP contribution in [0.4, 0.5) is 4.39 Å². The minimum Gasteiger partial charge on any atom is -0.496 e. The molecule has 2 aromatic rings. The monoisotopic (exact) mass is 303 g/mol. The van der Waals surface area contributed by atoms with Crippen LogP contribution in [0.1, 0.15) is 36.6 Å². The highest BCUT2D eigenvalue weighted by molar-refractivity contribution is 5.35. The third-order valence-corrected chi connectivity index (χ3v) is 3.73. The van der Waals surface area contributed by atoms with E-state index in [1.807, 2.05) is 24.3 Å². The first-order valence-electron chi connectivity index (χ1n) is 7.45. The maximum atomic E-state index is 12.9. The van der Waals surface area contributed by atoms with E-state index in [2.05, 4.69) is 12.2 Å². The highest BCUT2D eigenvalue weighted by Gasteiger charge is 2.15. The van der Waals surface area contributed by atoms with Gasteiger partial charge < -0.3 is 15.2 Å². The SMILES string of the molecule is CCC(NCC(O)c1ccc(F)cc1)c1ccccc1OC. The van der Waals surface area contributed by atoms with Gasteiger partial charge in [-0.25, -0.2) is 4.39 Å². The van der Waals surface area contributed by atoms with Gasteiger partial charge >= 0.3 is 0 Å².